The van der Waals surface area contributed by atoms with Gasteiger partial charge in [-0.05, 0) is 7.05 Å². The van der Waals surface area contributed by atoms with E-state index in [9.17, 15) is 0 Å². The predicted molar refractivity (Wildman–Crippen MR) is 37.8 cm³/mol. The predicted octanol–water partition coefficient (Wildman–Crippen LogP) is 1.92. The maximum atomic E-state index is 4.50. The molecule has 50 valence electrons. The van der Waals surface area contributed by atoms with Crippen molar-refractivity contribution in [2.24, 2.45) is 5.73 Å². The van der Waals surface area contributed by atoms with Gasteiger partial charge in [0.05, 0.1) is 0 Å². The van der Waals surface area contributed by atoms with Crippen molar-refractivity contribution in [1.29, 1.82) is 0 Å². The van der Waals surface area contributed by atoms with Gasteiger partial charge in [-0.25, -0.2) is 0 Å². The molecule has 2 aliphatic rings. The molecule has 0 aromatic carbocycles. The largest absolute Gasteiger partial charge is 0.333 e. The maximum absolute atomic E-state index is 4.50. The normalized spacial score (nSPS) is 18.8. The monoisotopic (exact) mass is 115 g/mol. The fraction of sp³-hybridized carbons (Fsp3) is 1.00. The van der Waals surface area contributed by atoms with Crippen molar-refractivity contribution in [2.45, 2.75) is 38.5 Å². The van der Waals surface area contributed by atoms with Gasteiger partial charge in [0.2, 0.25) is 0 Å². The fourth-order valence-electron chi connectivity index (χ4n) is 0. The maximum Gasteiger partial charge on any atom is -0.0195 e. The Morgan fingerprint density at radius 1 is 0.625 bits per heavy atom. The lowest BCUT2D eigenvalue weighted by Crippen LogP contribution is -1.69. The Kier molecular flexibility index (Phi) is 6.93. The molecule has 0 aromatic heterocycles. The summed E-state index contributed by atoms with van der Waals surface area (Å²) in [6.45, 7) is 0. The quantitative estimate of drug-likeness (QED) is 0.513. The highest BCUT2D eigenvalue weighted by Crippen LogP contribution is 2.15. The molecule has 0 unspecified atom stereocenters. The number of hydrogen-bond donors (Lipinski definition) is 1. The van der Waals surface area contributed by atoms with Crippen molar-refractivity contribution in [3.63, 3.8) is 0 Å². The summed E-state index contributed by atoms with van der Waals surface area (Å²) in [5.74, 6) is 0. The summed E-state index contributed by atoms with van der Waals surface area (Å²) < 4.78 is 0. The van der Waals surface area contributed by atoms with Crippen molar-refractivity contribution >= 4 is 0 Å². The molecule has 0 spiro atoms. The van der Waals surface area contributed by atoms with Gasteiger partial charge in [-0.2, -0.15) is 0 Å². The van der Waals surface area contributed by atoms with Crippen molar-refractivity contribution < 1.29 is 0 Å². The lowest BCUT2D eigenvalue weighted by atomic mass is 11.0. The van der Waals surface area contributed by atoms with Crippen LogP contribution in [0.3, 0.4) is 0 Å². The number of nitrogens with two attached hydrogens (primary N) is 1. The van der Waals surface area contributed by atoms with Crippen molar-refractivity contribution in [2.75, 3.05) is 7.05 Å². The van der Waals surface area contributed by atoms with E-state index in [1.165, 1.54) is 45.6 Å². The molecule has 2 saturated carbocycles. The van der Waals surface area contributed by atoms with Gasteiger partial charge in [0.15, 0.2) is 0 Å². The highest BCUT2D eigenvalue weighted by atomic mass is 14.4. The number of rotatable bonds is 0. The summed E-state index contributed by atoms with van der Waals surface area (Å²) in [5, 5.41) is 0. The standard InChI is InChI=1S/2C3H6.CH5N/c2*1-2-3-1;1-2/h2*1-3H2;2H2,1H3. The third-order valence-corrected chi connectivity index (χ3v) is 0.707. The second-order valence-corrected chi connectivity index (χ2v) is 2.12. The molecule has 0 amide bonds. The van der Waals surface area contributed by atoms with Crippen LogP contribution in [-0.2, 0) is 0 Å². The Morgan fingerprint density at radius 2 is 0.750 bits per heavy atom. The van der Waals surface area contributed by atoms with Crippen molar-refractivity contribution in [3.8, 4) is 0 Å². The van der Waals surface area contributed by atoms with Crippen LogP contribution in [0.2, 0.25) is 0 Å². The van der Waals surface area contributed by atoms with Crippen LogP contribution in [0.5, 0.6) is 0 Å². The minimum Gasteiger partial charge on any atom is -0.333 e. The zero-order valence-corrected chi connectivity index (χ0v) is 5.82. The average Bonchev–Trinajstić information content (AvgIpc) is 2.67. The summed E-state index contributed by atoms with van der Waals surface area (Å²) in [6.07, 6.45) is 9.00. The second-order valence-electron chi connectivity index (χ2n) is 2.12. The van der Waals surface area contributed by atoms with Crippen LogP contribution in [-0.4, -0.2) is 7.05 Å². The Balaban J connectivity index is 0.0000000957. The van der Waals surface area contributed by atoms with Gasteiger partial charge >= 0.3 is 0 Å². The molecule has 2 N–H and O–H groups in total. The molecule has 0 bridgehead atoms. The minimum atomic E-state index is 1.50. The van der Waals surface area contributed by atoms with Gasteiger partial charge < -0.3 is 5.73 Å². The van der Waals surface area contributed by atoms with Crippen LogP contribution in [0, 0.1) is 0 Å². The fourth-order valence-corrected chi connectivity index (χ4v) is 0. The van der Waals surface area contributed by atoms with E-state index < -0.39 is 0 Å². The first kappa shape index (κ1) is 7.96. The van der Waals surface area contributed by atoms with Crippen molar-refractivity contribution in [1.82, 2.24) is 0 Å². The SMILES string of the molecule is C1CC1.C1CC1.CN. The first-order valence-electron chi connectivity index (χ1n) is 3.58. The first-order valence-corrected chi connectivity index (χ1v) is 3.58. The van der Waals surface area contributed by atoms with E-state index in [2.05, 4.69) is 5.73 Å². The van der Waals surface area contributed by atoms with E-state index in [1.54, 1.807) is 0 Å². The Bertz CT molecular complexity index is 19.9. The molecular formula is C7H17N. The minimum absolute atomic E-state index is 1.50. The highest BCUT2D eigenvalue weighted by Gasteiger charge is 1.95. The van der Waals surface area contributed by atoms with Crippen LogP contribution in [0.15, 0.2) is 0 Å². The van der Waals surface area contributed by atoms with E-state index in [-0.39, 0.29) is 0 Å². The van der Waals surface area contributed by atoms with Gasteiger partial charge in [-0.15, -0.1) is 0 Å². The highest BCUT2D eigenvalue weighted by molar-refractivity contribution is 4.51. The summed E-state index contributed by atoms with van der Waals surface area (Å²) in [6, 6.07) is 0. The molecule has 0 atom stereocenters. The van der Waals surface area contributed by atoms with Gasteiger partial charge in [0, 0.05) is 0 Å². The van der Waals surface area contributed by atoms with Crippen LogP contribution in [0.25, 0.3) is 0 Å². The van der Waals surface area contributed by atoms with Gasteiger partial charge in [-0.1, -0.05) is 38.5 Å². The smallest absolute Gasteiger partial charge is 0.0195 e. The Morgan fingerprint density at radius 3 is 0.750 bits per heavy atom. The summed E-state index contributed by atoms with van der Waals surface area (Å²) in [5.41, 5.74) is 4.50. The molecule has 1 heteroatoms. The molecule has 2 aliphatic carbocycles. The van der Waals surface area contributed by atoms with Crippen LogP contribution < -0.4 is 5.73 Å². The molecule has 1 nitrogen and oxygen atoms in total. The van der Waals surface area contributed by atoms with Gasteiger partial charge in [0.25, 0.3) is 0 Å². The molecular weight excluding hydrogens is 98.1 g/mol. The molecule has 0 heterocycles. The first-order chi connectivity index (χ1) is 4.00. The molecule has 2 fully saturated rings. The third kappa shape index (κ3) is 38.2. The van der Waals surface area contributed by atoms with Crippen LogP contribution in [0.1, 0.15) is 38.5 Å². The molecule has 0 aliphatic heterocycles. The van der Waals surface area contributed by atoms with E-state index >= 15 is 0 Å². The van der Waals surface area contributed by atoms with E-state index in [0.29, 0.717) is 0 Å². The summed E-state index contributed by atoms with van der Waals surface area (Å²) in [7, 11) is 1.50. The van der Waals surface area contributed by atoms with E-state index in [4.69, 9.17) is 0 Å². The van der Waals surface area contributed by atoms with E-state index in [0.717, 1.165) is 0 Å². The molecule has 0 aromatic rings. The molecule has 2 rings (SSSR count). The van der Waals surface area contributed by atoms with E-state index in [1.807, 2.05) is 0 Å². The lowest BCUT2D eigenvalue weighted by Gasteiger charge is -1.19. The second kappa shape index (κ2) is 6.96. The Hall–Kier alpha value is -0.0400. The zero-order chi connectivity index (χ0) is 6.24. The Labute approximate surface area is 52.3 Å². The zero-order valence-electron chi connectivity index (χ0n) is 5.82. The van der Waals surface area contributed by atoms with Gasteiger partial charge in [-0.3, -0.25) is 0 Å². The third-order valence-electron chi connectivity index (χ3n) is 0.707. The summed E-state index contributed by atoms with van der Waals surface area (Å²) in [4.78, 5) is 0. The molecule has 0 radical (unpaired) electrons. The number of hydrogen-bond acceptors (Lipinski definition) is 1. The average molecular weight is 115 g/mol. The van der Waals surface area contributed by atoms with Crippen LogP contribution in [0.4, 0.5) is 0 Å². The molecule has 0 saturated heterocycles. The van der Waals surface area contributed by atoms with Crippen molar-refractivity contribution in [3.05, 3.63) is 0 Å². The van der Waals surface area contributed by atoms with Gasteiger partial charge in [0.1, 0.15) is 0 Å². The lowest BCUT2D eigenvalue weighted by molar-refractivity contribution is 1.48. The molecule has 8 heavy (non-hydrogen) atoms. The summed E-state index contributed by atoms with van der Waals surface area (Å²) >= 11 is 0. The van der Waals surface area contributed by atoms with Crippen LogP contribution >= 0.6 is 0 Å². The topological polar surface area (TPSA) is 26.0 Å².